The summed E-state index contributed by atoms with van der Waals surface area (Å²) >= 11 is 10.6. The van der Waals surface area contributed by atoms with Crippen LogP contribution >= 0.6 is 39.5 Å². The van der Waals surface area contributed by atoms with Crippen LogP contribution in [0.3, 0.4) is 0 Å². The summed E-state index contributed by atoms with van der Waals surface area (Å²) in [5.41, 5.74) is 2.37. The molecule has 1 N–H and O–H groups in total. The maximum absolute atomic E-state index is 5.43. The number of nitrogens with one attached hydrogen (secondary N) is 1. The number of thiocarbonyl (C=S) groups is 1. The summed E-state index contributed by atoms with van der Waals surface area (Å²) in [5.74, 6) is 0. The van der Waals surface area contributed by atoms with E-state index in [1.54, 1.807) is 11.3 Å². The van der Waals surface area contributed by atoms with Crippen LogP contribution in [0.25, 0.3) is 0 Å². The number of nitrogens with zero attached hydrogens (tertiary/aromatic N) is 1. The molecule has 5 heteroatoms. The van der Waals surface area contributed by atoms with Gasteiger partial charge in [0.05, 0.1) is 10.3 Å². The van der Waals surface area contributed by atoms with Crippen LogP contribution < -0.4 is 5.32 Å². The van der Waals surface area contributed by atoms with Crippen molar-refractivity contribution in [1.29, 1.82) is 0 Å². The van der Waals surface area contributed by atoms with Crippen molar-refractivity contribution in [2.24, 2.45) is 0 Å². The minimum Gasteiger partial charge on any atom is -0.347 e. The standard InChI is InChI=1S/C15H17BrN2S2/c1-3-11-4-6-12(7-5-11)17-15(19)18(2)10-13-8-9-14(16)20-13/h4-9H,3,10H2,1-2H3,(H,17,19). The summed E-state index contributed by atoms with van der Waals surface area (Å²) in [7, 11) is 2.00. The first-order valence-corrected chi connectivity index (χ1v) is 8.45. The fourth-order valence-corrected chi connectivity index (χ4v) is 3.50. The molecule has 0 radical (unpaired) electrons. The number of hydrogen-bond acceptors (Lipinski definition) is 2. The van der Waals surface area contributed by atoms with E-state index < -0.39 is 0 Å². The van der Waals surface area contributed by atoms with Crippen molar-refractivity contribution in [3.63, 3.8) is 0 Å². The second kappa shape index (κ2) is 7.20. The minimum atomic E-state index is 0.735. The average molecular weight is 369 g/mol. The lowest BCUT2D eigenvalue weighted by Crippen LogP contribution is -2.30. The maximum Gasteiger partial charge on any atom is 0.173 e. The van der Waals surface area contributed by atoms with Crippen LogP contribution in [0.2, 0.25) is 0 Å². The van der Waals surface area contributed by atoms with Crippen LogP contribution in [0.15, 0.2) is 40.2 Å². The number of thiophene rings is 1. The Bertz CT molecular complexity index is 578. The van der Waals surface area contributed by atoms with Crippen molar-refractivity contribution < 1.29 is 0 Å². The zero-order valence-electron chi connectivity index (χ0n) is 11.5. The van der Waals surface area contributed by atoms with Crippen molar-refractivity contribution in [2.45, 2.75) is 19.9 Å². The Morgan fingerprint density at radius 3 is 2.50 bits per heavy atom. The molecule has 20 heavy (non-hydrogen) atoms. The lowest BCUT2D eigenvalue weighted by molar-refractivity contribution is 0.514. The Balaban J connectivity index is 1.93. The van der Waals surface area contributed by atoms with Gasteiger partial charge in [-0.25, -0.2) is 0 Å². The van der Waals surface area contributed by atoms with Gasteiger partial charge in [-0.2, -0.15) is 0 Å². The number of rotatable bonds is 4. The minimum absolute atomic E-state index is 0.735. The molecule has 1 aromatic heterocycles. The molecule has 0 saturated heterocycles. The zero-order valence-corrected chi connectivity index (χ0v) is 14.7. The monoisotopic (exact) mass is 368 g/mol. The van der Waals surface area contributed by atoms with E-state index in [4.69, 9.17) is 12.2 Å². The first-order valence-electron chi connectivity index (χ1n) is 6.43. The smallest absolute Gasteiger partial charge is 0.173 e. The number of aryl methyl sites for hydroxylation is 1. The molecule has 0 aliphatic rings. The molecule has 1 heterocycles. The molecule has 0 unspecified atom stereocenters. The quantitative estimate of drug-likeness (QED) is 0.772. The summed E-state index contributed by atoms with van der Waals surface area (Å²) < 4.78 is 1.15. The Morgan fingerprint density at radius 2 is 1.95 bits per heavy atom. The molecule has 0 bridgehead atoms. The van der Waals surface area contributed by atoms with Crippen LogP contribution in [-0.2, 0) is 13.0 Å². The van der Waals surface area contributed by atoms with Gasteiger partial charge in [0.25, 0.3) is 0 Å². The van der Waals surface area contributed by atoms with Crippen LogP contribution in [-0.4, -0.2) is 17.1 Å². The molecule has 2 rings (SSSR count). The van der Waals surface area contributed by atoms with E-state index >= 15 is 0 Å². The van der Waals surface area contributed by atoms with Crippen LogP contribution in [0, 0.1) is 0 Å². The van der Waals surface area contributed by atoms with Gasteiger partial charge in [-0.3, -0.25) is 0 Å². The Labute approximate surface area is 137 Å². The third kappa shape index (κ3) is 4.30. The summed E-state index contributed by atoms with van der Waals surface area (Å²) in [6.07, 6.45) is 1.05. The molecule has 0 fully saturated rings. The molecule has 0 saturated carbocycles. The first-order chi connectivity index (χ1) is 9.58. The lowest BCUT2D eigenvalue weighted by Gasteiger charge is -2.20. The third-order valence-electron chi connectivity index (χ3n) is 2.98. The second-order valence-corrected chi connectivity index (χ2v) is 7.48. The fourth-order valence-electron chi connectivity index (χ4n) is 1.78. The lowest BCUT2D eigenvalue weighted by atomic mass is 10.1. The van der Waals surface area contributed by atoms with Gasteiger partial charge in [0, 0.05) is 17.6 Å². The third-order valence-corrected chi connectivity index (χ3v) is 5.00. The Kier molecular flexibility index (Phi) is 5.57. The molecular weight excluding hydrogens is 352 g/mol. The van der Waals surface area contributed by atoms with E-state index in [2.05, 4.69) is 64.6 Å². The normalized spacial score (nSPS) is 10.3. The van der Waals surface area contributed by atoms with E-state index in [0.717, 1.165) is 27.6 Å². The molecule has 2 nitrogen and oxygen atoms in total. The van der Waals surface area contributed by atoms with Crippen molar-refractivity contribution in [3.05, 3.63) is 50.6 Å². The van der Waals surface area contributed by atoms with E-state index in [1.807, 2.05) is 11.9 Å². The Hall–Kier alpha value is -0.910. The zero-order chi connectivity index (χ0) is 14.5. The molecule has 2 aromatic rings. The molecule has 1 aromatic carbocycles. The van der Waals surface area contributed by atoms with E-state index in [1.165, 1.54) is 10.4 Å². The number of hydrogen-bond donors (Lipinski definition) is 1. The maximum atomic E-state index is 5.43. The van der Waals surface area contributed by atoms with E-state index in [9.17, 15) is 0 Å². The second-order valence-electron chi connectivity index (χ2n) is 4.54. The van der Waals surface area contributed by atoms with Gasteiger partial charge >= 0.3 is 0 Å². The molecule has 106 valence electrons. The highest BCUT2D eigenvalue weighted by molar-refractivity contribution is 9.11. The molecule has 0 aliphatic carbocycles. The Morgan fingerprint density at radius 1 is 1.25 bits per heavy atom. The molecular formula is C15H17BrN2S2. The van der Waals surface area contributed by atoms with Gasteiger partial charge in [0.15, 0.2) is 5.11 Å². The highest BCUT2D eigenvalue weighted by atomic mass is 79.9. The van der Waals surface area contributed by atoms with Gasteiger partial charge in [-0.05, 0) is 64.4 Å². The number of halogens is 1. The van der Waals surface area contributed by atoms with E-state index in [-0.39, 0.29) is 0 Å². The van der Waals surface area contributed by atoms with Crippen molar-refractivity contribution >= 4 is 50.3 Å². The molecule has 0 spiro atoms. The van der Waals surface area contributed by atoms with Crippen LogP contribution in [0.5, 0.6) is 0 Å². The predicted molar refractivity (Wildman–Crippen MR) is 95.5 cm³/mol. The summed E-state index contributed by atoms with van der Waals surface area (Å²) in [4.78, 5) is 3.33. The van der Waals surface area contributed by atoms with Gasteiger partial charge < -0.3 is 10.2 Å². The molecule has 0 amide bonds. The average Bonchev–Trinajstić information content (AvgIpc) is 2.85. The largest absolute Gasteiger partial charge is 0.347 e. The van der Waals surface area contributed by atoms with Crippen molar-refractivity contribution in [3.8, 4) is 0 Å². The summed E-state index contributed by atoms with van der Waals surface area (Å²) in [5, 5.41) is 4.01. The summed E-state index contributed by atoms with van der Waals surface area (Å²) in [6, 6.07) is 12.6. The van der Waals surface area contributed by atoms with Crippen molar-refractivity contribution in [2.75, 3.05) is 12.4 Å². The predicted octanol–water partition coefficient (Wildman–Crippen LogP) is 4.90. The van der Waals surface area contributed by atoms with Gasteiger partial charge in [0.1, 0.15) is 0 Å². The number of anilines is 1. The number of benzene rings is 1. The van der Waals surface area contributed by atoms with Gasteiger partial charge in [-0.15, -0.1) is 11.3 Å². The van der Waals surface area contributed by atoms with E-state index in [0.29, 0.717) is 0 Å². The van der Waals surface area contributed by atoms with Crippen LogP contribution in [0.4, 0.5) is 5.69 Å². The first kappa shape index (κ1) is 15.5. The van der Waals surface area contributed by atoms with Crippen molar-refractivity contribution in [1.82, 2.24) is 4.90 Å². The SMILES string of the molecule is CCc1ccc(NC(=S)N(C)Cc2ccc(Br)s2)cc1. The highest BCUT2D eigenvalue weighted by Crippen LogP contribution is 2.23. The molecule has 0 aliphatic heterocycles. The van der Waals surface area contributed by atoms with Gasteiger partial charge in [0.2, 0.25) is 0 Å². The fraction of sp³-hybridized carbons (Fsp3) is 0.267. The summed E-state index contributed by atoms with van der Waals surface area (Å²) in [6.45, 7) is 2.97. The van der Waals surface area contributed by atoms with Crippen LogP contribution in [0.1, 0.15) is 17.4 Å². The van der Waals surface area contributed by atoms with Gasteiger partial charge in [-0.1, -0.05) is 19.1 Å². The highest BCUT2D eigenvalue weighted by Gasteiger charge is 2.07. The molecule has 0 atom stereocenters. The topological polar surface area (TPSA) is 15.3 Å².